The molecule has 1 aromatic carbocycles. The zero-order valence-corrected chi connectivity index (χ0v) is 13.0. The van der Waals surface area contributed by atoms with Gasteiger partial charge >= 0.3 is 6.03 Å². The molecule has 1 atom stereocenters. The van der Waals surface area contributed by atoms with Crippen LogP contribution in [0.4, 0.5) is 10.5 Å². The minimum atomic E-state index is -0.322. The van der Waals surface area contributed by atoms with Crippen LogP contribution >= 0.6 is 11.6 Å². The number of urea groups is 1. The summed E-state index contributed by atoms with van der Waals surface area (Å²) >= 11 is 5.85. The van der Waals surface area contributed by atoms with Gasteiger partial charge in [0.2, 0.25) is 5.91 Å². The molecule has 1 fully saturated rings. The molecule has 0 bridgehead atoms. The van der Waals surface area contributed by atoms with E-state index in [0.29, 0.717) is 23.9 Å². The van der Waals surface area contributed by atoms with Crippen molar-refractivity contribution in [3.8, 4) is 0 Å². The maximum atomic E-state index is 12.1. The number of hydrogen-bond donors (Lipinski definition) is 2. The van der Waals surface area contributed by atoms with Gasteiger partial charge in [-0.15, -0.1) is 0 Å². The van der Waals surface area contributed by atoms with E-state index in [-0.39, 0.29) is 24.4 Å². The summed E-state index contributed by atoms with van der Waals surface area (Å²) in [5.74, 6) is 0.647. The van der Waals surface area contributed by atoms with Gasteiger partial charge in [-0.2, -0.15) is 0 Å². The first-order chi connectivity index (χ1) is 11.1. The largest absolute Gasteiger partial charge is 0.467 e. The van der Waals surface area contributed by atoms with E-state index >= 15 is 0 Å². The van der Waals surface area contributed by atoms with Gasteiger partial charge in [0.05, 0.1) is 18.8 Å². The molecule has 0 unspecified atom stereocenters. The molecule has 0 aliphatic carbocycles. The molecular weight excluding hydrogens is 318 g/mol. The number of halogens is 1. The van der Waals surface area contributed by atoms with Crippen LogP contribution in [0.2, 0.25) is 5.02 Å². The fourth-order valence-corrected chi connectivity index (χ4v) is 2.62. The Morgan fingerprint density at radius 2 is 2.09 bits per heavy atom. The van der Waals surface area contributed by atoms with Crippen molar-refractivity contribution in [1.29, 1.82) is 0 Å². The molecule has 3 amide bonds. The van der Waals surface area contributed by atoms with Gasteiger partial charge in [-0.05, 0) is 36.4 Å². The molecule has 1 aliphatic rings. The van der Waals surface area contributed by atoms with Crippen molar-refractivity contribution in [2.75, 3.05) is 11.4 Å². The van der Waals surface area contributed by atoms with Crippen molar-refractivity contribution in [2.24, 2.45) is 0 Å². The lowest BCUT2D eigenvalue weighted by molar-refractivity contribution is -0.117. The molecule has 0 saturated carbocycles. The van der Waals surface area contributed by atoms with Gasteiger partial charge in [0.25, 0.3) is 0 Å². The number of nitrogens with zero attached hydrogens (tertiary/aromatic N) is 1. The Kier molecular flexibility index (Phi) is 4.52. The third kappa shape index (κ3) is 3.84. The Morgan fingerprint density at radius 1 is 1.30 bits per heavy atom. The Bertz CT molecular complexity index is 685. The monoisotopic (exact) mass is 333 g/mol. The van der Waals surface area contributed by atoms with E-state index in [1.54, 1.807) is 47.6 Å². The Labute approximate surface area is 138 Å². The number of carbonyl (C=O) groups is 2. The molecule has 0 radical (unpaired) electrons. The van der Waals surface area contributed by atoms with Crippen LogP contribution in [-0.2, 0) is 11.3 Å². The highest BCUT2D eigenvalue weighted by Gasteiger charge is 2.31. The van der Waals surface area contributed by atoms with Crippen molar-refractivity contribution in [2.45, 2.75) is 19.0 Å². The number of hydrogen-bond acceptors (Lipinski definition) is 3. The first kappa shape index (κ1) is 15.4. The summed E-state index contributed by atoms with van der Waals surface area (Å²) in [6.45, 7) is 0.745. The van der Waals surface area contributed by atoms with E-state index in [0.717, 1.165) is 5.69 Å². The molecule has 3 rings (SSSR count). The smallest absolute Gasteiger partial charge is 0.315 e. The van der Waals surface area contributed by atoms with Crippen LogP contribution in [0.25, 0.3) is 0 Å². The van der Waals surface area contributed by atoms with Gasteiger partial charge in [0, 0.05) is 23.7 Å². The maximum Gasteiger partial charge on any atom is 0.315 e. The molecule has 6 nitrogen and oxygen atoms in total. The van der Waals surface area contributed by atoms with E-state index in [1.165, 1.54) is 0 Å². The molecule has 7 heteroatoms. The van der Waals surface area contributed by atoms with Gasteiger partial charge in [-0.3, -0.25) is 4.79 Å². The van der Waals surface area contributed by atoms with E-state index < -0.39 is 0 Å². The summed E-state index contributed by atoms with van der Waals surface area (Å²) in [6, 6.07) is 10.0. The average Bonchev–Trinajstić information content (AvgIpc) is 3.16. The van der Waals surface area contributed by atoms with Crippen LogP contribution in [-0.4, -0.2) is 24.5 Å². The Hall–Kier alpha value is -2.47. The van der Waals surface area contributed by atoms with Crippen molar-refractivity contribution in [3.63, 3.8) is 0 Å². The van der Waals surface area contributed by atoms with Crippen LogP contribution in [0, 0.1) is 0 Å². The van der Waals surface area contributed by atoms with Crippen molar-refractivity contribution < 1.29 is 14.0 Å². The molecule has 23 heavy (non-hydrogen) atoms. The Balaban J connectivity index is 1.53. The first-order valence-electron chi connectivity index (χ1n) is 7.24. The average molecular weight is 334 g/mol. The quantitative estimate of drug-likeness (QED) is 0.903. The van der Waals surface area contributed by atoms with Gasteiger partial charge in [-0.1, -0.05) is 11.6 Å². The molecule has 1 aromatic heterocycles. The third-order valence-electron chi connectivity index (χ3n) is 3.60. The molecule has 120 valence electrons. The second-order valence-electron chi connectivity index (χ2n) is 5.29. The first-order valence-corrected chi connectivity index (χ1v) is 7.62. The summed E-state index contributed by atoms with van der Waals surface area (Å²) in [6.07, 6.45) is 1.82. The topological polar surface area (TPSA) is 74.6 Å². The zero-order chi connectivity index (χ0) is 16.2. The van der Waals surface area contributed by atoms with Crippen LogP contribution in [0.1, 0.15) is 12.2 Å². The molecule has 2 N–H and O–H groups in total. The molecular formula is C16H16ClN3O3. The predicted octanol–water partition coefficient (Wildman–Crippen LogP) is 2.54. The van der Waals surface area contributed by atoms with Crippen molar-refractivity contribution >= 4 is 29.2 Å². The summed E-state index contributed by atoms with van der Waals surface area (Å²) in [5.41, 5.74) is 0.777. The van der Waals surface area contributed by atoms with Gasteiger partial charge in [0.15, 0.2) is 0 Å². The van der Waals surface area contributed by atoms with E-state index in [9.17, 15) is 9.59 Å². The highest BCUT2D eigenvalue weighted by molar-refractivity contribution is 6.30. The minimum absolute atomic E-state index is 0.0244. The number of amides is 3. The molecule has 0 spiro atoms. The van der Waals surface area contributed by atoms with Crippen molar-refractivity contribution in [1.82, 2.24) is 10.6 Å². The second-order valence-corrected chi connectivity index (χ2v) is 5.72. The van der Waals surface area contributed by atoms with E-state index in [2.05, 4.69) is 10.6 Å². The summed E-state index contributed by atoms with van der Waals surface area (Å²) < 4.78 is 5.14. The number of rotatable bonds is 4. The fourth-order valence-electron chi connectivity index (χ4n) is 2.49. The fraction of sp³-hybridized carbons (Fsp3) is 0.250. The summed E-state index contributed by atoms with van der Waals surface area (Å²) in [5, 5.41) is 6.12. The summed E-state index contributed by atoms with van der Waals surface area (Å²) in [4.78, 5) is 25.6. The molecule has 1 aliphatic heterocycles. The Morgan fingerprint density at radius 3 is 2.78 bits per heavy atom. The van der Waals surface area contributed by atoms with Crippen LogP contribution in [0.5, 0.6) is 0 Å². The number of benzene rings is 1. The highest BCUT2D eigenvalue weighted by Crippen LogP contribution is 2.23. The van der Waals surface area contributed by atoms with Crippen LogP contribution < -0.4 is 15.5 Å². The number of nitrogens with one attached hydrogen (secondary N) is 2. The number of carbonyl (C=O) groups excluding carboxylic acids is 2. The van der Waals surface area contributed by atoms with Crippen molar-refractivity contribution in [3.05, 3.63) is 53.4 Å². The lowest BCUT2D eigenvalue weighted by Gasteiger charge is -2.17. The lowest BCUT2D eigenvalue weighted by Crippen LogP contribution is -2.43. The van der Waals surface area contributed by atoms with Crippen LogP contribution in [0.3, 0.4) is 0 Å². The molecule has 2 heterocycles. The zero-order valence-electron chi connectivity index (χ0n) is 12.3. The maximum absolute atomic E-state index is 12.1. The lowest BCUT2D eigenvalue weighted by atomic mass is 10.2. The number of anilines is 1. The van der Waals surface area contributed by atoms with Crippen LogP contribution in [0.15, 0.2) is 47.1 Å². The molecule has 1 saturated heterocycles. The third-order valence-corrected chi connectivity index (χ3v) is 3.85. The summed E-state index contributed by atoms with van der Waals surface area (Å²) in [7, 11) is 0. The van der Waals surface area contributed by atoms with E-state index in [4.69, 9.17) is 16.0 Å². The standard InChI is InChI=1S/C16H16ClN3O3/c17-11-3-5-13(6-4-11)20-10-12(8-15(20)21)19-16(22)18-9-14-2-1-7-23-14/h1-7,12H,8-10H2,(H2,18,19,22)/t12-/m1/s1. The predicted molar refractivity (Wildman–Crippen MR) is 86.3 cm³/mol. The van der Waals surface area contributed by atoms with Gasteiger partial charge in [-0.25, -0.2) is 4.79 Å². The minimum Gasteiger partial charge on any atom is -0.467 e. The van der Waals surface area contributed by atoms with Gasteiger partial charge in [0.1, 0.15) is 5.76 Å². The highest BCUT2D eigenvalue weighted by atomic mass is 35.5. The SMILES string of the molecule is O=C(NCc1ccco1)N[C@@H]1CC(=O)N(c2ccc(Cl)cc2)C1. The molecule has 2 aromatic rings. The van der Waals surface area contributed by atoms with E-state index in [1.807, 2.05) is 0 Å². The normalized spacial score (nSPS) is 17.3. The van der Waals surface area contributed by atoms with Gasteiger partial charge < -0.3 is 20.0 Å². The number of furan rings is 1. The second kappa shape index (κ2) is 6.75.